The van der Waals surface area contributed by atoms with Gasteiger partial charge in [-0.05, 0) is 28.1 Å². The third-order valence-electron chi connectivity index (χ3n) is 1.35. The molecule has 0 bridgehead atoms. The summed E-state index contributed by atoms with van der Waals surface area (Å²) in [7, 11) is 0. The zero-order valence-corrected chi connectivity index (χ0v) is 7.50. The third-order valence-corrected chi connectivity index (χ3v) is 2.01. The van der Waals surface area contributed by atoms with E-state index in [0.717, 1.165) is 6.07 Å². The van der Waals surface area contributed by atoms with Crippen molar-refractivity contribution < 1.29 is 15.0 Å². The Hall–Kier alpha value is -1.23. The molecule has 0 aromatic heterocycles. The van der Waals surface area contributed by atoms with Crippen molar-refractivity contribution in [1.82, 2.24) is 0 Å². The van der Waals surface area contributed by atoms with E-state index >= 15 is 0 Å². The first-order valence-electron chi connectivity index (χ1n) is 3.03. The average Bonchev–Trinajstić information content (AvgIpc) is 1.99. The number of carboxylic acids is 1. The number of halogens is 1. The summed E-state index contributed by atoms with van der Waals surface area (Å²) in [6, 6.07) is 2.43. The highest BCUT2D eigenvalue weighted by Gasteiger charge is 2.09. The number of rotatable bonds is 1. The second kappa shape index (κ2) is 3.02. The lowest BCUT2D eigenvalue weighted by molar-refractivity contribution is 0.0696. The van der Waals surface area contributed by atoms with Crippen molar-refractivity contribution in [3.63, 3.8) is 0 Å². The number of benzene rings is 1. The summed E-state index contributed by atoms with van der Waals surface area (Å²) in [5, 5.41) is 17.7. The van der Waals surface area contributed by atoms with E-state index in [-0.39, 0.29) is 17.0 Å². The number of aromatic carboxylic acids is 1. The van der Waals surface area contributed by atoms with Crippen molar-refractivity contribution in [3.05, 3.63) is 22.2 Å². The minimum atomic E-state index is -1.11. The van der Waals surface area contributed by atoms with E-state index in [2.05, 4.69) is 15.9 Å². The Labute approximate surface area is 76.8 Å². The van der Waals surface area contributed by atoms with E-state index in [1.807, 2.05) is 0 Å². The van der Waals surface area contributed by atoms with Gasteiger partial charge in [-0.2, -0.15) is 0 Å². The van der Waals surface area contributed by atoms with E-state index in [4.69, 9.17) is 15.9 Å². The van der Waals surface area contributed by atoms with Gasteiger partial charge in [0.25, 0.3) is 0 Å². The number of carboxylic acid groups (broad SMARTS) is 1. The van der Waals surface area contributed by atoms with Gasteiger partial charge in [0.15, 0.2) is 0 Å². The number of nitrogen functional groups attached to an aromatic ring is 1. The molecule has 0 aliphatic carbocycles. The quantitative estimate of drug-likeness (QED) is 0.505. The van der Waals surface area contributed by atoms with Crippen molar-refractivity contribution in [2.45, 2.75) is 0 Å². The highest BCUT2D eigenvalue weighted by molar-refractivity contribution is 9.10. The minimum absolute atomic E-state index is 0.00595. The van der Waals surface area contributed by atoms with E-state index < -0.39 is 5.97 Å². The predicted octanol–water partition coefficient (Wildman–Crippen LogP) is 1.44. The average molecular weight is 232 g/mol. The monoisotopic (exact) mass is 231 g/mol. The van der Waals surface area contributed by atoms with E-state index in [1.54, 1.807) is 0 Å². The van der Waals surface area contributed by atoms with Crippen LogP contribution in [0.15, 0.2) is 16.6 Å². The fourth-order valence-electron chi connectivity index (χ4n) is 0.727. The number of aromatic hydroxyl groups is 1. The smallest absolute Gasteiger partial charge is 0.335 e. The Morgan fingerprint density at radius 3 is 2.50 bits per heavy atom. The minimum Gasteiger partial charge on any atom is -0.506 e. The van der Waals surface area contributed by atoms with Gasteiger partial charge >= 0.3 is 5.97 Å². The van der Waals surface area contributed by atoms with Gasteiger partial charge in [0, 0.05) is 4.47 Å². The Balaban J connectivity index is 3.31. The molecule has 1 aromatic rings. The molecule has 1 rings (SSSR count). The first-order valence-corrected chi connectivity index (χ1v) is 3.83. The number of phenolic OH excluding ortho intramolecular Hbond substituents is 1. The molecule has 0 unspecified atom stereocenters. The van der Waals surface area contributed by atoms with Crippen molar-refractivity contribution in [1.29, 1.82) is 0 Å². The molecular weight excluding hydrogens is 226 g/mol. The van der Waals surface area contributed by atoms with Crippen LogP contribution in [0.4, 0.5) is 5.69 Å². The van der Waals surface area contributed by atoms with Crippen molar-refractivity contribution in [3.8, 4) is 5.75 Å². The Morgan fingerprint density at radius 2 is 2.08 bits per heavy atom. The molecule has 0 aliphatic rings. The SMILES string of the molecule is Nc1c(O)cc(C(=O)O)cc1Br. The number of anilines is 1. The van der Waals surface area contributed by atoms with Crippen LogP contribution >= 0.6 is 15.9 Å². The van der Waals surface area contributed by atoms with Crippen LogP contribution in [0.2, 0.25) is 0 Å². The molecule has 0 spiro atoms. The van der Waals surface area contributed by atoms with E-state index in [0.29, 0.717) is 4.47 Å². The molecule has 0 heterocycles. The van der Waals surface area contributed by atoms with Crippen molar-refractivity contribution in [2.24, 2.45) is 0 Å². The van der Waals surface area contributed by atoms with E-state index in [9.17, 15) is 4.79 Å². The van der Waals surface area contributed by atoms with Gasteiger partial charge < -0.3 is 15.9 Å². The van der Waals surface area contributed by atoms with Crippen LogP contribution in [0.1, 0.15) is 10.4 Å². The van der Waals surface area contributed by atoms with Gasteiger partial charge in [0.05, 0.1) is 11.3 Å². The molecule has 0 radical (unpaired) electrons. The number of nitrogens with two attached hydrogens (primary N) is 1. The zero-order valence-electron chi connectivity index (χ0n) is 5.91. The largest absolute Gasteiger partial charge is 0.506 e. The van der Waals surface area contributed by atoms with Gasteiger partial charge in [-0.25, -0.2) is 4.79 Å². The van der Waals surface area contributed by atoms with E-state index in [1.165, 1.54) is 6.07 Å². The second-order valence-electron chi connectivity index (χ2n) is 2.20. The van der Waals surface area contributed by atoms with Crippen LogP contribution in [-0.4, -0.2) is 16.2 Å². The van der Waals surface area contributed by atoms with Crippen LogP contribution in [0.5, 0.6) is 5.75 Å². The van der Waals surface area contributed by atoms with Crippen molar-refractivity contribution in [2.75, 3.05) is 5.73 Å². The predicted molar refractivity (Wildman–Crippen MR) is 47.2 cm³/mol. The maximum Gasteiger partial charge on any atom is 0.335 e. The lowest BCUT2D eigenvalue weighted by atomic mass is 10.2. The molecule has 4 N–H and O–H groups in total. The lowest BCUT2D eigenvalue weighted by Gasteiger charge is -2.02. The summed E-state index contributed by atoms with van der Waals surface area (Å²) in [5.41, 5.74) is 5.49. The summed E-state index contributed by atoms with van der Waals surface area (Å²) in [4.78, 5) is 10.4. The van der Waals surface area contributed by atoms with Gasteiger partial charge in [-0.15, -0.1) is 0 Å². The summed E-state index contributed by atoms with van der Waals surface area (Å²) in [6.07, 6.45) is 0. The highest BCUT2D eigenvalue weighted by atomic mass is 79.9. The Bertz CT molecular complexity index is 314. The van der Waals surface area contributed by atoms with Crippen LogP contribution < -0.4 is 5.73 Å². The van der Waals surface area contributed by atoms with Crippen molar-refractivity contribution >= 4 is 27.6 Å². The normalized spacial score (nSPS) is 9.75. The summed E-state index contributed by atoms with van der Waals surface area (Å²) in [6.45, 7) is 0. The molecule has 0 aliphatic heterocycles. The van der Waals surface area contributed by atoms with Gasteiger partial charge in [0.1, 0.15) is 5.75 Å². The van der Waals surface area contributed by atoms with Crippen LogP contribution in [0.25, 0.3) is 0 Å². The molecule has 0 fully saturated rings. The Morgan fingerprint density at radius 1 is 1.50 bits per heavy atom. The van der Waals surface area contributed by atoms with Crippen LogP contribution in [0.3, 0.4) is 0 Å². The standard InChI is InChI=1S/C7H6BrNO3/c8-4-1-3(7(11)12)2-5(10)6(4)9/h1-2,10H,9H2,(H,11,12). The van der Waals surface area contributed by atoms with Crippen LogP contribution in [-0.2, 0) is 0 Å². The molecule has 1 aromatic carbocycles. The summed E-state index contributed by atoms with van der Waals surface area (Å²) >= 11 is 3.02. The Kier molecular flexibility index (Phi) is 2.23. The van der Waals surface area contributed by atoms with Gasteiger partial charge in [-0.1, -0.05) is 0 Å². The lowest BCUT2D eigenvalue weighted by Crippen LogP contribution is -1.97. The molecule has 4 nitrogen and oxygen atoms in total. The molecule has 12 heavy (non-hydrogen) atoms. The molecule has 0 saturated heterocycles. The maximum absolute atomic E-state index is 10.4. The first kappa shape index (κ1) is 8.86. The van der Waals surface area contributed by atoms with Gasteiger partial charge in [0.2, 0.25) is 0 Å². The molecule has 64 valence electrons. The molecule has 0 amide bonds. The number of hydrogen-bond acceptors (Lipinski definition) is 3. The third kappa shape index (κ3) is 1.50. The second-order valence-corrected chi connectivity index (χ2v) is 3.05. The maximum atomic E-state index is 10.4. The molecule has 0 saturated carbocycles. The van der Waals surface area contributed by atoms with Gasteiger partial charge in [-0.3, -0.25) is 0 Å². The molecule has 5 heteroatoms. The fraction of sp³-hybridized carbons (Fsp3) is 0. The number of hydrogen-bond donors (Lipinski definition) is 3. The highest BCUT2D eigenvalue weighted by Crippen LogP contribution is 2.30. The summed E-state index contributed by atoms with van der Waals surface area (Å²) < 4.78 is 0.375. The fourth-order valence-corrected chi connectivity index (χ4v) is 1.18. The molecular formula is C7H6BrNO3. The zero-order chi connectivity index (χ0) is 9.30. The molecule has 0 atom stereocenters. The number of carbonyl (C=O) groups is 1. The topological polar surface area (TPSA) is 83.5 Å². The summed E-state index contributed by atoms with van der Waals surface area (Å²) in [5.74, 6) is -1.34. The first-order chi connectivity index (χ1) is 5.52. The van der Waals surface area contributed by atoms with Crippen LogP contribution in [0, 0.1) is 0 Å². The number of phenols is 1.